The minimum Gasteiger partial charge on any atom is -0.496 e. The zero-order valence-electron chi connectivity index (χ0n) is 16.2. The van der Waals surface area contributed by atoms with Crippen molar-refractivity contribution in [2.75, 3.05) is 12.9 Å². The number of aromatic amines is 1. The van der Waals surface area contributed by atoms with Gasteiger partial charge in [0.05, 0.1) is 18.2 Å². The Hall–Kier alpha value is -2.32. The van der Waals surface area contributed by atoms with Crippen molar-refractivity contribution in [3.8, 4) is 5.75 Å². The van der Waals surface area contributed by atoms with Crippen molar-refractivity contribution < 1.29 is 9.53 Å². The van der Waals surface area contributed by atoms with Crippen LogP contribution >= 0.6 is 23.1 Å². The molecular weight excluding hydrogens is 406 g/mol. The van der Waals surface area contributed by atoms with Crippen molar-refractivity contribution in [2.45, 2.75) is 38.0 Å². The fourth-order valence-corrected chi connectivity index (χ4v) is 5.67. The maximum atomic E-state index is 12.5. The summed E-state index contributed by atoms with van der Waals surface area (Å²) in [5, 5.41) is 3.71. The first-order chi connectivity index (χ1) is 14.2. The van der Waals surface area contributed by atoms with Gasteiger partial charge in [0.1, 0.15) is 16.4 Å². The first-order valence-electron chi connectivity index (χ1n) is 9.65. The summed E-state index contributed by atoms with van der Waals surface area (Å²) in [7, 11) is 1.62. The van der Waals surface area contributed by atoms with Crippen molar-refractivity contribution in [1.29, 1.82) is 0 Å². The Bertz CT molecular complexity index is 1090. The molecule has 0 saturated carbocycles. The van der Waals surface area contributed by atoms with E-state index >= 15 is 0 Å². The summed E-state index contributed by atoms with van der Waals surface area (Å²) in [5.74, 6) is 2.71. The highest BCUT2D eigenvalue weighted by Crippen LogP contribution is 2.34. The van der Waals surface area contributed by atoms with Gasteiger partial charge in [0.2, 0.25) is 5.91 Å². The molecule has 0 saturated heterocycles. The normalized spacial score (nSPS) is 12.9. The Labute approximate surface area is 177 Å². The van der Waals surface area contributed by atoms with Crippen LogP contribution in [0.2, 0.25) is 0 Å². The number of benzene rings is 1. The lowest BCUT2D eigenvalue weighted by Crippen LogP contribution is -2.23. The molecule has 4 rings (SSSR count). The number of hydrogen-bond donors (Lipinski definition) is 2. The van der Waals surface area contributed by atoms with E-state index in [9.17, 15) is 9.59 Å². The number of H-pyrrole nitrogens is 1. The molecule has 1 aliphatic rings. The van der Waals surface area contributed by atoms with Gasteiger partial charge in [0, 0.05) is 29.2 Å². The third kappa shape index (κ3) is 4.48. The van der Waals surface area contributed by atoms with Crippen LogP contribution in [0.5, 0.6) is 5.75 Å². The van der Waals surface area contributed by atoms with Gasteiger partial charge in [0.25, 0.3) is 5.56 Å². The molecule has 152 valence electrons. The van der Waals surface area contributed by atoms with Crippen molar-refractivity contribution in [3.63, 3.8) is 0 Å². The molecule has 0 aliphatic heterocycles. The molecule has 0 bridgehead atoms. The summed E-state index contributed by atoms with van der Waals surface area (Å²) in [6, 6.07) is 7.64. The van der Waals surface area contributed by atoms with Gasteiger partial charge in [0.15, 0.2) is 0 Å². The first kappa shape index (κ1) is 20.0. The van der Waals surface area contributed by atoms with E-state index in [0.717, 1.165) is 40.8 Å². The molecule has 0 atom stereocenters. The van der Waals surface area contributed by atoms with Gasteiger partial charge < -0.3 is 15.0 Å². The smallest absolute Gasteiger partial charge is 0.259 e. The molecule has 1 aliphatic carbocycles. The van der Waals surface area contributed by atoms with Crippen molar-refractivity contribution in [1.82, 2.24) is 15.3 Å². The standard InChI is InChI=1S/C21H23N3O3S2/c1-27-15-7-3-2-5-13(15)11-22-18(25)9-10-28-12-17-23-20(26)19-14-6-4-8-16(14)29-21(19)24-17/h2-3,5,7H,4,6,8-12H2,1H3,(H,22,25)(H,23,24,26). The van der Waals surface area contributed by atoms with E-state index in [2.05, 4.69) is 15.3 Å². The number of thioether (sulfide) groups is 1. The first-order valence-corrected chi connectivity index (χ1v) is 11.6. The number of hydrogen-bond acceptors (Lipinski definition) is 6. The summed E-state index contributed by atoms with van der Waals surface area (Å²) in [6.45, 7) is 0.447. The minimum absolute atomic E-state index is 0.00464. The second kappa shape index (κ2) is 9.00. The average molecular weight is 430 g/mol. The zero-order valence-corrected chi connectivity index (χ0v) is 17.9. The van der Waals surface area contributed by atoms with E-state index in [1.807, 2.05) is 24.3 Å². The van der Waals surface area contributed by atoms with Crippen LogP contribution in [0.3, 0.4) is 0 Å². The van der Waals surface area contributed by atoms with E-state index in [1.165, 1.54) is 10.4 Å². The second-order valence-electron chi connectivity index (χ2n) is 6.94. The number of methoxy groups -OCH3 is 1. The lowest BCUT2D eigenvalue weighted by molar-refractivity contribution is -0.120. The van der Waals surface area contributed by atoms with Crippen LogP contribution in [0.15, 0.2) is 29.1 Å². The van der Waals surface area contributed by atoms with Gasteiger partial charge in [-0.3, -0.25) is 9.59 Å². The summed E-state index contributed by atoms with van der Waals surface area (Å²) in [4.78, 5) is 34.3. The number of aryl methyl sites for hydroxylation is 2. The molecule has 0 unspecified atom stereocenters. The van der Waals surface area contributed by atoms with Gasteiger partial charge in [-0.05, 0) is 30.9 Å². The molecule has 1 amide bonds. The summed E-state index contributed by atoms with van der Waals surface area (Å²) < 4.78 is 5.29. The molecule has 2 N–H and O–H groups in total. The maximum Gasteiger partial charge on any atom is 0.259 e. The molecule has 2 heterocycles. The van der Waals surface area contributed by atoms with E-state index in [-0.39, 0.29) is 11.5 Å². The summed E-state index contributed by atoms with van der Waals surface area (Å²) >= 11 is 3.25. The lowest BCUT2D eigenvalue weighted by atomic mass is 10.2. The molecule has 1 aromatic carbocycles. The van der Waals surface area contributed by atoms with Crippen molar-refractivity contribution in [3.05, 3.63) is 56.4 Å². The van der Waals surface area contributed by atoms with Crippen LogP contribution in [-0.4, -0.2) is 28.7 Å². The van der Waals surface area contributed by atoms with Gasteiger partial charge >= 0.3 is 0 Å². The van der Waals surface area contributed by atoms with Crippen LogP contribution in [0.1, 0.15) is 34.7 Å². The number of nitrogens with zero attached hydrogens (tertiary/aromatic N) is 1. The van der Waals surface area contributed by atoms with E-state index in [4.69, 9.17) is 4.74 Å². The van der Waals surface area contributed by atoms with Gasteiger partial charge in [-0.25, -0.2) is 4.98 Å². The fourth-order valence-electron chi connectivity index (χ4n) is 3.58. The summed E-state index contributed by atoms with van der Waals surface area (Å²) in [6.07, 6.45) is 3.59. The number of ether oxygens (including phenoxy) is 1. The third-order valence-corrected chi connectivity index (χ3v) is 7.16. The molecule has 3 aromatic rings. The third-order valence-electron chi connectivity index (χ3n) is 5.00. The Morgan fingerprint density at radius 1 is 1.34 bits per heavy atom. The number of amides is 1. The van der Waals surface area contributed by atoms with Crippen LogP contribution in [0, 0.1) is 0 Å². The number of fused-ring (bicyclic) bond motifs is 3. The molecular formula is C21H23N3O3S2. The van der Waals surface area contributed by atoms with Crippen LogP contribution < -0.4 is 15.6 Å². The van der Waals surface area contributed by atoms with Crippen LogP contribution in [-0.2, 0) is 29.9 Å². The SMILES string of the molecule is COc1ccccc1CNC(=O)CCSCc1nc2sc3c(c2c(=O)[nH]1)CCC3. The molecule has 0 fully saturated rings. The highest BCUT2D eigenvalue weighted by atomic mass is 32.2. The minimum atomic E-state index is -0.0282. The topological polar surface area (TPSA) is 84.1 Å². The lowest BCUT2D eigenvalue weighted by Gasteiger charge is -2.09. The predicted octanol–water partition coefficient (Wildman–Crippen LogP) is 3.42. The van der Waals surface area contributed by atoms with Gasteiger partial charge in [-0.2, -0.15) is 11.8 Å². The highest BCUT2D eigenvalue weighted by molar-refractivity contribution is 7.98. The van der Waals surface area contributed by atoms with E-state index < -0.39 is 0 Å². The Morgan fingerprint density at radius 2 is 2.21 bits per heavy atom. The number of rotatable bonds is 8. The fraction of sp³-hybridized carbons (Fsp3) is 0.381. The van der Waals surface area contributed by atoms with Crippen molar-refractivity contribution in [2.24, 2.45) is 0 Å². The number of aromatic nitrogens is 2. The molecule has 29 heavy (non-hydrogen) atoms. The number of thiophene rings is 1. The number of para-hydroxylation sites is 1. The zero-order chi connectivity index (χ0) is 20.2. The molecule has 0 spiro atoms. The highest BCUT2D eigenvalue weighted by Gasteiger charge is 2.21. The molecule has 6 nitrogen and oxygen atoms in total. The largest absolute Gasteiger partial charge is 0.496 e. The average Bonchev–Trinajstić information content (AvgIpc) is 3.30. The summed E-state index contributed by atoms with van der Waals surface area (Å²) in [5.41, 5.74) is 2.12. The van der Waals surface area contributed by atoms with Gasteiger partial charge in [-0.15, -0.1) is 11.3 Å². The monoisotopic (exact) mass is 429 g/mol. The van der Waals surface area contributed by atoms with E-state index in [0.29, 0.717) is 30.3 Å². The van der Waals surface area contributed by atoms with Gasteiger partial charge in [-0.1, -0.05) is 18.2 Å². The van der Waals surface area contributed by atoms with Crippen LogP contribution in [0.25, 0.3) is 10.2 Å². The van der Waals surface area contributed by atoms with Crippen LogP contribution in [0.4, 0.5) is 0 Å². The molecule has 2 aromatic heterocycles. The molecule has 0 radical (unpaired) electrons. The van der Waals surface area contributed by atoms with E-state index in [1.54, 1.807) is 30.2 Å². The number of carbonyl (C=O) groups excluding carboxylic acids is 1. The Balaban J connectivity index is 1.26. The quantitative estimate of drug-likeness (QED) is 0.536. The van der Waals surface area contributed by atoms with Crippen molar-refractivity contribution >= 4 is 39.2 Å². The number of nitrogens with one attached hydrogen (secondary N) is 2. The Kier molecular flexibility index (Phi) is 6.20. The Morgan fingerprint density at radius 3 is 3.07 bits per heavy atom. The maximum absolute atomic E-state index is 12.5. The molecule has 8 heteroatoms. The second-order valence-corrected chi connectivity index (χ2v) is 9.13. The predicted molar refractivity (Wildman–Crippen MR) is 118 cm³/mol. The number of carbonyl (C=O) groups is 1.